The molecule has 0 bridgehead atoms. The van der Waals surface area contributed by atoms with Gasteiger partial charge in [0.05, 0.1) is 0 Å². The van der Waals surface area contributed by atoms with E-state index in [0.29, 0.717) is 0 Å². The van der Waals surface area contributed by atoms with E-state index < -0.39 is 8.24 Å². The summed E-state index contributed by atoms with van der Waals surface area (Å²) in [6.45, 7) is 14.6. The zero-order valence-electron chi connectivity index (χ0n) is 18.7. The molecule has 0 spiro atoms. The van der Waals surface area contributed by atoms with Crippen molar-refractivity contribution in [2.24, 2.45) is 29.6 Å². The van der Waals surface area contributed by atoms with Gasteiger partial charge < -0.3 is 27.3 Å². The van der Waals surface area contributed by atoms with Gasteiger partial charge in [0, 0.05) is 0 Å². The van der Waals surface area contributed by atoms with Crippen molar-refractivity contribution in [1.82, 2.24) is 0 Å². The van der Waals surface area contributed by atoms with Gasteiger partial charge in [-0.3, -0.25) is 0 Å². The van der Waals surface area contributed by atoms with Gasteiger partial charge in [-0.2, -0.15) is 0 Å². The minimum Gasteiger partial charge on any atom is -0.660 e. The third kappa shape index (κ3) is 5.93. The first-order valence-corrected chi connectivity index (χ1v) is 12.4. The van der Waals surface area contributed by atoms with Gasteiger partial charge in [0.1, 0.15) is 0 Å². The zero-order chi connectivity index (χ0) is 15.4. The summed E-state index contributed by atoms with van der Waals surface area (Å²) in [7, 11) is -1.50. The summed E-state index contributed by atoms with van der Waals surface area (Å²) in [5.74, 6) is 5.17. The maximum atomic E-state index is 5.39. The molecular weight excluding hydrogens is 354 g/mol. The van der Waals surface area contributed by atoms with Gasteiger partial charge in [0.2, 0.25) is 0 Å². The Labute approximate surface area is 176 Å². The second-order valence-electron chi connectivity index (χ2n) is 10.0. The Hall–Kier alpha value is 0.891. The number of rotatable bonds is 2. The van der Waals surface area contributed by atoms with Crippen LogP contribution in [0, 0.1) is 51.9 Å². The molecule has 1 nitrogen and oxygen atoms in total. The SMILES string of the molecule is CC1C[C@@H]2C[C@@H]3CCC[C@@H]3C[C@@H]2[C@H]1[Si](C)(C)[N-]C(C)(C)C.[CH3-].[CH3-].[CH3-].[Ti+4]. The van der Waals surface area contributed by atoms with Crippen LogP contribution < -0.4 is 0 Å². The maximum absolute atomic E-state index is 5.39. The molecule has 3 saturated carbocycles. The molecule has 3 fully saturated rings. The van der Waals surface area contributed by atoms with Gasteiger partial charge in [-0.15, -0.1) is 5.54 Å². The van der Waals surface area contributed by atoms with Crippen molar-refractivity contribution in [2.75, 3.05) is 0 Å². The van der Waals surface area contributed by atoms with E-state index in [1.165, 1.54) is 19.3 Å². The van der Waals surface area contributed by atoms with E-state index in [4.69, 9.17) is 4.98 Å². The largest absolute Gasteiger partial charge is 4.00 e. The Kier molecular flexibility index (Phi) is 11.1. The van der Waals surface area contributed by atoms with Gasteiger partial charge in [0.15, 0.2) is 0 Å². The molecule has 0 aromatic carbocycles. The van der Waals surface area contributed by atoms with E-state index in [1.807, 2.05) is 0 Å². The minimum absolute atomic E-state index is 0. The predicted molar refractivity (Wildman–Crippen MR) is 114 cm³/mol. The standard InChI is InChI=1S/C19H36NSi.3CH3.Ti/c1-13-10-16-11-14-8-7-9-15(14)12-17(16)18(13)21(5,6)20-19(2,3)4;;;;/h13-18H,7-12H2,1-6H3;3*1H3;/q4*-1;+4/t13?,14-,15+,16+,17-,18-;;;;/m0..../s1. The van der Waals surface area contributed by atoms with Crippen LogP contribution in [0.1, 0.15) is 66.2 Å². The van der Waals surface area contributed by atoms with Gasteiger partial charge in [-0.05, 0) is 48.9 Å². The van der Waals surface area contributed by atoms with Gasteiger partial charge >= 0.3 is 21.7 Å². The number of hydrogen-bond donors (Lipinski definition) is 0. The molecule has 3 heteroatoms. The number of hydrogen-bond acceptors (Lipinski definition) is 0. The quantitative estimate of drug-likeness (QED) is 0.336. The average molecular weight is 400 g/mol. The van der Waals surface area contributed by atoms with Crippen molar-refractivity contribution in [1.29, 1.82) is 0 Å². The Balaban J connectivity index is 0. The van der Waals surface area contributed by atoms with Crippen molar-refractivity contribution < 1.29 is 21.7 Å². The van der Waals surface area contributed by atoms with Crippen molar-refractivity contribution in [2.45, 2.75) is 90.4 Å². The smallest absolute Gasteiger partial charge is 0.660 e. The van der Waals surface area contributed by atoms with E-state index in [-0.39, 0.29) is 49.5 Å². The molecule has 3 rings (SSSR count). The predicted octanol–water partition coefficient (Wildman–Crippen LogP) is 7.56. The molecule has 0 aliphatic heterocycles. The Morgan fingerprint density at radius 2 is 1.36 bits per heavy atom. The van der Waals surface area contributed by atoms with Gasteiger partial charge in [-0.1, -0.05) is 73.8 Å². The molecule has 146 valence electrons. The summed E-state index contributed by atoms with van der Waals surface area (Å²) >= 11 is 0. The minimum atomic E-state index is -1.50. The molecule has 3 aliphatic carbocycles. The van der Waals surface area contributed by atoms with Crippen LogP contribution >= 0.6 is 0 Å². The van der Waals surface area contributed by atoms with Crippen LogP contribution in [-0.2, 0) is 21.7 Å². The monoisotopic (exact) mass is 399 g/mol. The molecule has 0 radical (unpaired) electrons. The molecule has 0 heterocycles. The van der Waals surface area contributed by atoms with E-state index in [0.717, 1.165) is 35.1 Å². The van der Waals surface area contributed by atoms with Gasteiger partial charge in [0.25, 0.3) is 0 Å². The van der Waals surface area contributed by atoms with Crippen molar-refractivity contribution in [3.05, 3.63) is 27.3 Å². The molecule has 1 unspecified atom stereocenters. The summed E-state index contributed by atoms with van der Waals surface area (Å²) in [5.41, 5.74) is 1.10. The Morgan fingerprint density at radius 3 is 1.88 bits per heavy atom. The molecule has 25 heavy (non-hydrogen) atoms. The van der Waals surface area contributed by atoms with E-state index in [1.54, 1.807) is 19.3 Å². The summed E-state index contributed by atoms with van der Waals surface area (Å²) < 4.78 is 0. The molecule has 0 saturated heterocycles. The molecule has 6 atom stereocenters. The number of fused-ring (bicyclic) bond motifs is 2. The summed E-state index contributed by atoms with van der Waals surface area (Å²) in [6.07, 6.45) is 9.22. The topological polar surface area (TPSA) is 14.1 Å². The van der Waals surface area contributed by atoms with Crippen molar-refractivity contribution >= 4 is 8.24 Å². The van der Waals surface area contributed by atoms with Crippen LogP contribution in [0.5, 0.6) is 0 Å². The summed E-state index contributed by atoms with van der Waals surface area (Å²) in [6, 6.07) is 0. The summed E-state index contributed by atoms with van der Waals surface area (Å²) in [4.78, 5) is 5.39. The van der Waals surface area contributed by atoms with E-state index in [9.17, 15) is 0 Å². The number of nitrogens with zero attached hydrogens (tertiary/aromatic N) is 1. The fraction of sp³-hybridized carbons (Fsp3) is 0.864. The first-order chi connectivity index (χ1) is 9.67. The zero-order valence-corrected chi connectivity index (χ0v) is 21.2. The molecule has 0 aromatic rings. The van der Waals surface area contributed by atoms with Crippen LogP contribution in [0.25, 0.3) is 4.98 Å². The fourth-order valence-corrected chi connectivity index (χ4v) is 11.6. The summed E-state index contributed by atoms with van der Waals surface area (Å²) in [5, 5.41) is 0. The van der Waals surface area contributed by atoms with Crippen LogP contribution in [0.2, 0.25) is 18.6 Å². The molecule has 0 amide bonds. The van der Waals surface area contributed by atoms with E-state index in [2.05, 4.69) is 40.8 Å². The third-order valence-corrected chi connectivity index (χ3v) is 10.7. The fourth-order valence-electron chi connectivity index (χ4n) is 6.76. The van der Waals surface area contributed by atoms with Crippen LogP contribution in [-0.4, -0.2) is 13.8 Å². The average Bonchev–Trinajstić information content (AvgIpc) is 2.83. The third-order valence-electron chi connectivity index (χ3n) is 6.79. The van der Waals surface area contributed by atoms with Crippen molar-refractivity contribution in [3.63, 3.8) is 0 Å². The molecule has 3 aliphatic rings. The van der Waals surface area contributed by atoms with Crippen LogP contribution in [0.15, 0.2) is 0 Å². The molecule has 0 N–H and O–H groups in total. The maximum Gasteiger partial charge on any atom is 4.00 e. The Bertz CT molecular complexity index is 390. The van der Waals surface area contributed by atoms with E-state index >= 15 is 0 Å². The second-order valence-corrected chi connectivity index (χ2v) is 14.2. The van der Waals surface area contributed by atoms with Crippen LogP contribution in [0.4, 0.5) is 0 Å². The molecule has 0 aromatic heterocycles. The first-order valence-electron chi connectivity index (χ1n) is 9.41. The van der Waals surface area contributed by atoms with Gasteiger partial charge in [-0.25, -0.2) is 0 Å². The second kappa shape index (κ2) is 9.90. The Morgan fingerprint density at radius 1 is 0.840 bits per heavy atom. The first kappa shape index (κ1) is 28.1. The van der Waals surface area contributed by atoms with Crippen LogP contribution in [0.3, 0.4) is 0 Å². The normalized spacial score (nSPS) is 36.7. The van der Waals surface area contributed by atoms with Crippen molar-refractivity contribution in [3.8, 4) is 0 Å². The molecular formula is C22H45NSiTi.